The van der Waals surface area contributed by atoms with Crippen molar-refractivity contribution in [3.8, 4) is 5.75 Å². The van der Waals surface area contributed by atoms with E-state index in [0.29, 0.717) is 12.3 Å². The number of para-hydroxylation sites is 1. The molecule has 114 valence electrons. The maximum Gasteiger partial charge on any atom is 0.224 e. The Labute approximate surface area is 131 Å². The molecule has 0 aliphatic carbocycles. The van der Waals surface area contributed by atoms with Crippen molar-refractivity contribution in [1.82, 2.24) is 5.32 Å². The van der Waals surface area contributed by atoms with Crippen LogP contribution >= 0.6 is 0 Å². The van der Waals surface area contributed by atoms with E-state index in [2.05, 4.69) is 29.6 Å². The van der Waals surface area contributed by atoms with Crippen molar-refractivity contribution >= 4 is 5.91 Å². The molecule has 3 nitrogen and oxygen atoms in total. The minimum atomic E-state index is 0.0463. The van der Waals surface area contributed by atoms with Crippen molar-refractivity contribution in [1.29, 1.82) is 0 Å². The predicted molar refractivity (Wildman–Crippen MR) is 87.0 cm³/mol. The number of carbonyl (C=O) groups is 1. The van der Waals surface area contributed by atoms with Crippen LogP contribution in [0.3, 0.4) is 0 Å². The molecule has 0 saturated heterocycles. The molecule has 0 aromatic heterocycles. The summed E-state index contributed by atoms with van der Waals surface area (Å²) >= 11 is 0. The van der Waals surface area contributed by atoms with Gasteiger partial charge in [-0.3, -0.25) is 4.79 Å². The number of hydrogen-bond acceptors (Lipinski definition) is 2. The monoisotopic (exact) mass is 295 g/mol. The average Bonchev–Trinajstić information content (AvgIpc) is 2.56. The Hall–Kier alpha value is -2.29. The van der Waals surface area contributed by atoms with Crippen molar-refractivity contribution < 1.29 is 9.53 Å². The molecule has 0 saturated carbocycles. The Kier molecular flexibility index (Phi) is 4.42. The highest BCUT2D eigenvalue weighted by atomic mass is 16.5. The highest BCUT2D eigenvalue weighted by Gasteiger charge is 2.19. The number of ether oxygens (including phenoxy) is 1. The van der Waals surface area contributed by atoms with Crippen LogP contribution in [0.25, 0.3) is 0 Å². The standard InChI is InChI=1S/C19H21NO2/c1-20-19(21)12-15-8-6-14(7-9-15)10-16-11-17-4-2-3-5-18(17)22-13-16/h2-9,16H,10-13H2,1H3,(H,20,21)/t16-/m1/s1. The largest absolute Gasteiger partial charge is 0.493 e. The molecule has 1 heterocycles. The van der Waals surface area contributed by atoms with Crippen molar-refractivity contribution in [2.45, 2.75) is 19.3 Å². The molecule has 0 radical (unpaired) electrons. The lowest BCUT2D eigenvalue weighted by Gasteiger charge is -2.25. The fraction of sp³-hybridized carbons (Fsp3) is 0.316. The summed E-state index contributed by atoms with van der Waals surface area (Å²) in [5.41, 5.74) is 3.65. The lowest BCUT2D eigenvalue weighted by Crippen LogP contribution is -2.22. The molecule has 1 aliphatic heterocycles. The van der Waals surface area contributed by atoms with E-state index in [-0.39, 0.29) is 5.91 Å². The first kappa shape index (κ1) is 14.6. The normalized spacial score (nSPS) is 16.5. The van der Waals surface area contributed by atoms with Crippen LogP contribution in [0, 0.1) is 5.92 Å². The molecule has 0 fully saturated rings. The van der Waals surface area contributed by atoms with E-state index in [4.69, 9.17) is 4.74 Å². The molecule has 3 heteroatoms. The van der Waals surface area contributed by atoms with Crippen molar-refractivity contribution in [2.75, 3.05) is 13.7 Å². The zero-order valence-electron chi connectivity index (χ0n) is 12.8. The summed E-state index contributed by atoms with van der Waals surface area (Å²) in [5.74, 6) is 1.59. The van der Waals surface area contributed by atoms with E-state index in [9.17, 15) is 4.79 Å². The van der Waals surface area contributed by atoms with Gasteiger partial charge in [0.1, 0.15) is 5.75 Å². The maximum atomic E-state index is 11.4. The second-order valence-corrected chi connectivity index (χ2v) is 5.86. The minimum absolute atomic E-state index is 0.0463. The topological polar surface area (TPSA) is 38.3 Å². The zero-order valence-corrected chi connectivity index (χ0v) is 12.8. The van der Waals surface area contributed by atoms with Gasteiger partial charge >= 0.3 is 0 Å². The number of benzene rings is 2. The van der Waals surface area contributed by atoms with Crippen molar-refractivity contribution in [3.05, 3.63) is 65.2 Å². The van der Waals surface area contributed by atoms with Crippen LogP contribution < -0.4 is 10.1 Å². The Morgan fingerprint density at radius 3 is 2.64 bits per heavy atom. The van der Waals surface area contributed by atoms with Crippen LogP contribution in [0.1, 0.15) is 16.7 Å². The molecular formula is C19H21NO2. The van der Waals surface area contributed by atoms with Gasteiger partial charge in [0.2, 0.25) is 5.91 Å². The zero-order chi connectivity index (χ0) is 15.4. The summed E-state index contributed by atoms with van der Waals surface area (Å²) in [6, 6.07) is 16.6. The number of fused-ring (bicyclic) bond motifs is 1. The fourth-order valence-electron chi connectivity index (χ4n) is 2.92. The third kappa shape index (κ3) is 3.48. The summed E-state index contributed by atoms with van der Waals surface area (Å²) in [4.78, 5) is 11.4. The van der Waals surface area contributed by atoms with E-state index in [0.717, 1.165) is 30.8 Å². The number of rotatable bonds is 4. The highest BCUT2D eigenvalue weighted by Crippen LogP contribution is 2.28. The summed E-state index contributed by atoms with van der Waals surface area (Å²) in [5, 5.41) is 2.65. The Morgan fingerprint density at radius 2 is 1.86 bits per heavy atom. The summed E-state index contributed by atoms with van der Waals surface area (Å²) in [6.45, 7) is 0.775. The van der Waals surface area contributed by atoms with E-state index >= 15 is 0 Å². The van der Waals surface area contributed by atoms with Crippen LogP contribution in [0.5, 0.6) is 5.75 Å². The van der Waals surface area contributed by atoms with Crippen LogP contribution in [-0.4, -0.2) is 19.6 Å². The third-order valence-electron chi connectivity index (χ3n) is 4.15. The smallest absolute Gasteiger partial charge is 0.224 e. The fourth-order valence-corrected chi connectivity index (χ4v) is 2.92. The molecule has 0 spiro atoms. The van der Waals surface area contributed by atoms with E-state index in [1.54, 1.807) is 7.05 Å². The van der Waals surface area contributed by atoms with Crippen LogP contribution in [0.2, 0.25) is 0 Å². The number of nitrogens with one attached hydrogen (secondary N) is 1. The number of carbonyl (C=O) groups excluding carboxylic acids is 1. The van der Waals surface area contributed by atoms with Gasteiger partial charge in [-0.25, -0.2) is 0 Å². The number of hydrogen-bond donors (Lipinski definition) is 1. The average molecular weight is 295 g/mol. The molecular weight excluding hydrogens is 274 g/mol. The molecule has 0 bridgehead atoms. The third-order valence-corrected chi connectivity index (χ3v) is 4.15. The van der Waals surface area contributed by atoms with Crippen molar-refractivity contribution in [2.24, 2.45) is 5.92 Å². The predicted octanol–water partition coefficient (Wildman–Crippen LogP) is 2.77. The molecule has 22 heavy (non-hydrogen) atoms. The lowest BCUT2D eigenvalue weighted by molar-refractivity contribution is -0.119. The maximum absolute atomic E-state index is 11.4. The van der Waals surface area contributed by atoms with Gasteiger partial charge < -0.3 is 10.1 Å². The van der Waals surface area contributed by atoms with Crippen LogP contribution in [0.15, 0.2) is 48.5 Å². The van der Waals surface area contributed by atoms with E-state index < -0.39 is 0 Å². The van der Waals surface area contributed by atoms with Crippen LogP contribution in [-0.2, 0) is 24.1 Å². The van der Waals surface area contributed by atoms with Gasteiger partial charge in [-0.05, 0) is 35.6 Å². The van der Waals surface area contributed by atoms with Gasteiger partial charge in [0.25, 0.3) is 0 Å². The molecule has 1 amide bonds. The van der Waals surface area contributed by atoms with E-state index in [1.807, 2.05) is 24.3 Å². The van der Waals surface area contributed by atoms with Gasteiger partial charge in [-0.15, -0.1) is 0 Å². The summed E-state index contributed by atoms with van der Waals surface area (Å²) in [7, 11) is 1.66. The molecule has 1 N–H and O–H groups in total. The molecule has 1 aliphatic rings. The van der Waals surface area contributed by atoms with Gasteiger partial charge in [0, 0.05) is 13.0 Å². The van der Waals surface area contributed by atoms with E-state index in [1.165, 1.54) is 11.1 Å². The van der Waals surface area contributed by atoms with Gasteiger partial charge in [-0.2, -0.15) is 0 Å². The molecule has 0 unspecified atom stereocenters. The number of amides is 1. The first-order valence-corrected chi connectivity index (χ1v) is 7.73. The number of likely N-dealkylation sites (N-methyl/N-ethyl adjacent to an activating group) is 1. The van der Waals surface area contributed by atoms with Crippen LogP contribution in [0.4, 0.5) is 0 Å². The first-order valence-electron chi connectivity index (χ1n) is 7.73. The summed E-state index contributed by atoms with van der Waals surface area (Å²) < 4.78 is 5.85. The second-order valence-electron chi connectivity index (χ2n) is 5.86. The SMILES string of the molecule is CNC(=O)Cc1ccc(C[C@H]2COc3ccccc3C2)cc1. The molecule has 2 aromatic carbocycles. The van der Waals surface area contributed by atoms with Gasteiger partial charge in [0.05, 0.1) is 13.0 Å². The Balaban J connectivity index is 1.61. The highest BCUT2D eigenvalue weighted by molar-refractivity contribution is 5.78. The second kappa shape index (κ2) is 6.65. The van der Waals surface area contributed by atoms with Gasteiger partial charge in [0.15, 0.2) is 0 Å². The summed E-state index contributed by atoms with van der Waals surface area (Å²) in [6.07, 6.45) is 2.52. The minimum Gasteiger partial charge on any atom is -0.493 e. The Morgan fingerprint density at radius 1 is 1.14 bits per heavy atom. The molecule has 3 rings (SSSR count). The Bertz CT molecular complexity index is 649. The molecule has 1 atom stereocenters. The lowest BCUT2D eigenvalue weighted by atomic mass is 9.90. The van der Waals surface area contributed by atoms with Crippen molar-refractivity contribution in [3.63, 3.8) is 0 Å². The first-order chi connectivity index (χ1) is 10.7. The van der Waals surface area contributed by atoms with Gasteiger partial charge in [-0.1, -0.05) is 42.5 Å². The quantitative estimate of drug-likeness (QED) is 0.942. The molecule has 2 aromatic rings.